The molecule has 1 aliphatic heterocycles. The largest absolute Gasteiger partial charge is 0.481 e. The van der Waals surface area contributed by atoms with Crippen LogP contribution in [-0.4, -0.2) is 48.1 Å². The lowest BCUT2D eigenvalue weighted by Crippen LogP contribution is -2.49. The zero-order valence-electron chi connectivity index (χ0n) is 19.8. The number of amides is 1. The monoisotopic (exact) mass is 541 g/mol. The fourth-order valence-corrected chi connectivity index (χ4v) is 8.29. The molecule has 1 saturated carbocycles. The first kappa shape index (κ1) is 26.8. The van der Waals surface area contributed by atoms with Gasteiger partial charge in [0, 0.05) is 36.9 Å². The van der Waals surface area contributed by atoms with Crippen molar-refractivity contribution in [1.82, 2.24) is 4.90 Å². The molecule has 1 aromatic carbocycles. The summed E-state index contributed by atoms with van der Waals surface area (Å²) in [7, 11) is -4.07. The second kappa shape index (κ2) is 10.6. The molecule has 1 heterocycles. The highest BCUT2D eigenvalue weighted by Gasteiger charge is 2.54. The minimum Gasteiger partial charge on any atom is -0.481 e. The molecule has 1 saturated heterocycles. The van der Waals surface area contributed by atoms with Crippen molar-refractivity contribution >= 4 is 33.3 Å². The molecule has 3 aliphatic rings. The van der Waals surface area contributed by atoms with Gasteiger partial charge in [-0.15, -0.1) is 0 Å². The third-order valence-corrected chi connectivity index (χ3v) is 11.0. The molecule has 0 bridgehead atoms. The minimum atomic E-state index is -4.07. The lowest BCUT2D eigenvalue weighted by molar-refractivity contribution is -0.146. The fourth-order valence-electron chi connectivity index (χ4n) is 5.86. The maximum atomic E-state index is 15.1. The number of piperidine rings is 1. The summed E-state index contributed by atoms with van der Waals surface area (Å²) in [5, 5.41) is 9.53. The van der Waals surface area contributed by atoms with Gasteiger partial charge in [-0.2, -0.15) is 0 Å². The van der Waals surface area contributed by atoms with E-state index in [0.717, 1.165) is 12.2 Å². The lowest BCUT2D eigenvalue weighted by Gasteiger charge is -2.45. The first-order valence-electron chi connectivity index (χ1n) is 12.3. The van der Waals surface area contributed by atoms with E-state index in [4.69, 9.17) is 16.7 Å². The molecule has 0 radical (unpaired) electrons. The van der Waals surface area contributed by atoms with E-state index >= 15 is 4.39 Å². The quantitative estimate of drug-likeness (QED) is 0.514. The van der Waals surface area contributed by atoms with Gasteiger partial charge in [0.1, 0.15) is 11.7 Å². The fraction of sp³-hybridized carbons (Fsp3) is 0.538. The number of nitrogens with zero attached hydrogens (tertiary/aromatic N) is 1. The Morgan fingerprint density at radius 1 is 1.03 bits per heavy atom. The normalized spacial score (nSPS) is 27.8. The van der Waals surface area contributed by atoms with Crippen LogP contribution in [0.4, 0.5) is 8.78 Å². The molecule has 0 spiro atoms. The van der Waals surface area contributed by atoms with E-state index in [0.29, 0.717) is 43.8 Å². The summed E-state index contributed by atoms with van der Waals surface area (Å²) in [6.07, 6.45) is 3.78. The zero-order chi connectivity index (χ0) is 26.1. The van der Waals surface area contributed by atoms with Crippen LogP contribution >= 0.6 is 11.6 Å². The summed E-state index contributed by atoms with van der Waals surface area (Å²) in [6, 6.07) is 5.72. The van der Waals surface area contributed by atoms with Gasteiger partial charge in [-0.25, -0.2) is 17.2 Å². The number of sulfone groups is 1. The number of allylic oxidation sites excluding steroid dienone is 4. The second-order valence-electron chi connectivity index (χ2n) is 10.1. The summed E-state index contributed by atoms with van der Waals surface area (Å²) in [6.45, 7) is 0.780. The average Bonchev–Trinajstić information content (AvgIpc) is 2.86. The highest BCUT2D eigenvalue weighted by atomic mass is 35.5. The van der Waals surface area contributed by atoms with Gasteiger partial charge in [-0.1, -0.05) is 11.6 Å². The Labute approximate surface area is 214 Å². The first-order chi connectivity index (χ1) is 17.0. The predicted octanol–water partition coefficient (Wildman–Crippen LogP) is 5.48. The summed E-state index contributed by atoms with van der Waals surface area (Å²) < 4.78 is 55.6. The van der Waals surface area contributed by atoms with E-state index in [1.807, 2.05) is 0 Å². The van der Waals surface area contributed by atoms with Crippen molar-refractivity contribution in [3.63, 3.8) is 0 Å². The first-order valence-corrected chi connectivity index (χ1v) is 14.1. The molecule has 1 unspecified atom stereocenters. The summed E-state index contributed by atoms with van der Waals surface area (Å²) in [4.78, 5) is 25.7. The van der Waals surface area contributed by atoms with Crippen LogP contribution in [0, 0.1) is 17.8 Å². The Balaban J connectivity index is 1.52. The van der Waals surface area contributed by atoms with Gasteiger partial charge in [0.15, 0.2) is 9.84 Å². The van der Waals surface area contributed by atoms with Gasteiger partial charge in [0.2, 0.25) is 5.91 Å². The van der Waals surface area contributed by atoms with E-state index < -0.39 is 44.0 Å². The lowest BCUT2D eigenvalue weighted by atomic mass is 9.71. The number of benzene rings is 1. The third-order valence-electron chi connectivity index (χ3n) is 8.06. The molecule has 1 N–H and O–H groups in total. The van der Waals surface area contributed by atoms with Crippen LogP contribution in [0.25, 0.3) is 0 Å². The van der Waals surface area contributed by atoms with Crippen molar-refractivity contribution < 1.29 is 31.9 Å². The van der Waals surface area contributed by atoms with Gasteiger partial charge < -0.3 is 10.0 Å². The van der Waals surface area contributed by atoms with Crippen molar-refractivity contribution in [2.24, 2.45) is 17.8 Å². The maximum Gasteiger partial charge on any atom is 0.306 e. The number of carboxylic acid groups (broad SMARTS) is 1. The second-order valence-corrected chi connectivity index (χ2v) is 12.8. The highest BCUT2D eigenvalue weighted by Crippen LogP contribution is 2.51. The Morgan fingerprint density at radius 2 is 1.64 bits per heavy atom. The summed E-state index contributed by atoms with van der Waals surface area (Å²) in [5.74, 6) is -3.79. The van der Waals surface area contributed by atoms with Gasteiger partial charge in [0.05, 0.1) is 15.6 Å². The van der Waals surface area contributed by atoms with Crippen LogP contribution in [0.1, 0.15) is 51.4 Å². The predicted molar refractivity (Wildman–Crippen MR) is 131 cm³/mol. The summed E-state index contributed by atoms with van der Waals surface area (Å²) in [5.41, 5.74) is 0. The van der Waals surface area contributed by atoms with Gasteiger partial charge in [0.25, 0.3) is 0 Å². The molecule has 1 aromatic rings. The molecule has 2 aliphatic carbocycles. The van der Waals surface area contributed by atoms with Crippen LogP contribution in [0.5, 0.6) is 0 Å². The summed E-state index contributed by atoms with van der Waals surface area (Å²) >= 11 is 5.94. The van der Waals surface area contributed by atoms with Crippen molar-refractivity contribution in [1.29, 1.82) is 0 Å². The Morgan fingerprint density at radius 3 is 2.22 bits per heavy atom. The molecule has 4 rings (SSSR count). The number of halogens is 3. The number of aliphatic carboxylic acids is 1. The highest BCUT2D eigenvalue weighted by molar-refractivity contribution is 7.92. The van der Waals surface area contributed by atoms with Crippen molar-refractivity contribution in [3.8, 4) is 0 Å². The van der Waals surface area contributed by atoms with E-state index in [-0.39, 0.29) is 42.4 Å². The van der Waals surface area contributed by atoms with Crippen molar-refractivity contribution in [3.05, 3.63) is 53.1 Å². The molecular weight excluding hydrogens is 512 g/mol. The molecular formula is C26H30ClF2NO5S. The number of hydrogen-bond acceptors (Lipinski definition) is 4. The van der Waals surface area contributed by atoms with Crippen LogP contribution in [0.3, 0.4) is 0 Å². The molecule has 1 amide bonds. The number of carboxylic acids is 1. The Hall–Kier alpha value is -2.26. The van der Waals surface area contributed by atoms with Gasteiger partial charge >= 0.3 is 5.97 Å². The maximum absolute atomic E-state index is 15.1. The van der Waals surface area contributed by atoms with E-state index in [1.54, 1.807) is 4.90 Å². The molecule has 10 heteroatoms. The number of hydrogen-bond donors (Lipinski definition) is 1. The zero-order valence-corrected chi connectivity index (χ0v) is 21.4. The van der Waals surface area contributed by atoms with Gasteiger partial charge in [-0.05, 0) is 80.9 Å². The van der Waals surface area contributed by atoms with Crippen LogP contribution in [-0.2, 0) is 19.4 Å². The van der Waals surface area contributed by atoms with E-state index in [9.17, 15) is 22.4 Å². The Bertz CT molecular complexity index is 1170. The smallest absolute Gasteiger partial charge is 0.306 e. The molecule has 36 heavy (non-hydrogen) atoms. The van der Waals surface area contributed by atoms with Crippen molar-refractivity contribution in [2.75, 3.05) is 13.1 Å². The van der Waals surface area contributed by atoms with Gasteiger partial charge in [-0.3, -0.25) is 9.59 Å². The number of rotatable bonds is 6. The standard InChI is InChI=1S/C26H30ClF2NO5S/c27-19-1-4-21(5-2-19)36(34,35)26(22-16-20(28)3-6-23(22)29)11-7-17(8-12-26)15-24(31)30-13-9-18(10-14-30)25(32)33/h1-6,17-18,22H,7-16H2,(H,32,33)/t17-,22?,26+. The van der Waals surface area contributed by atoms with Crippen LogP contribution in [0.15, 0.2) is 53.0 Å². The van der Waals surface area contributed by atoms with E-state index in [2.05, 4.69) is 0 Å². The molecule has 6 nitrogen and oxygen atoms in total. The average molecular weight is 542 g/mol. The number of likely N-dealkylation sites (tertiary alicyclic amines) is 1. The molecule has 0 aromatic heterocycles. The van der Waals surface area contributed by atoms with Crippen LogP contribution < -0.4 is 0 Å². The van der Waals surface area contributed by atoms with E-state index in [1.165, 1.54) is 24.3 Å². The number of carbonyl (C=O) groups excluding carboxylic acids is 1. The Kier molecular flexibility index (Phi) is 7.90. The third kappa shape index (κ3) is 5.23. The minimum absolute atomic E-state index is 0.0190. The topological polar surface area (TPSA) is 91.8 Å². The van der Waals surface area contributed by atoms with Crippen molar-refractivity contribution in [2.45, 2.75) is 61.0 Å². The van der Waals surface area contributed by atoms with Crippen LogP contribution in [0.2, 0.25) is 5.02 Å². The number of carbonyl (C=O) groups is 2. The SMILES string of the molecule is O=C(O)C1CCN(C(=O)C[C@H]2CC[C@@](C3CC(F)=CC=C3F)(S(=O)(=O)c3ccc(Cl)cc3)CC2)CC1. The molecule has 196 valence electrons. The molecule has 2 fully saturated rings. The molecule has 1 atom stereocenters.